The summed E-state index contributed by atoms with van der Waals surface area (Å²) < 4.78 is 40.3. The van der Waals surface area contributed by atoms with E-state index in [0.717, 1.165) is 17.9 Å². The second-order valence-corrected chi connectivity index (χ2v) is 8.09. The number of carbonyl (C=O) groups excluding carboxylic acids is 1. The summed E-state index contributed by atoms with van der Waals surface area (Å²) in [5.74, 6) is 0.373. The third-order valence-corrected chi connectivity index (χ3v) is 5.17. The highest BCUT2D eigenvalue weighted by Gasteiger charge is 2.35. The average molecular weight is 458 g/mol. The Morgan fingerprint density at radius 2 is 1.85 bits per heavy atom. The van der Waals surface area contributed by atoms with Crippen LogP contribution in [0, 0.1) is 6.92 Å². The SMILES string of the molecule is Cc1cc(OC2CN(C(=O)c3nnc(-c4ccc(OC(F)F)cc4)o3)C2)ccc1CN(C)C. The molecule has 8 nitrogen and oxygen atoms in total. The molecular formula is C23H24F2N4O4. The molecular weight excluding hydrogens is 434 g/mol. The number of hydrogen-bond acceptors (Lipinski definition) is 7. The Labute approximate surface area is 189 Å². The highest BCUT2D eigenvalue weighted by molar-refractivity contribution is 5.90. The second kappa shape index (κ2) is 9.53. The third-order valence-electron chi connectivity index (χ3n) is 5.17. The zero-order valence-corrected chi connectivity index (χ0v) is 18.5. The molecule has 0 radical (unpaired) electrons. The van der Waals surface area contributed by atoms with E-state index in [9.17, 15) is 13.6 Å². The summed E-state index contributed by atoms with van der Waals surface area (Å²) in [5, 5.41) is 7.69. The van der Waals surface area contributed by atoms with Crippen LogP contribution in [0.25, 0.3) is 11.5 Å². The average Bonchev–Trinajstić information content (AvgIpc) is 3.22. The molecule has 10 heteroatoms. The molecule has 0 spiro atoms. The number of halogens is 2. The zero-order valence-electron chi connectivity index (χ0n) is 18.5. The maximum absolute atomic E-state index is 12.6. The fourth-order valence-electron chi connectivity index (χ4n) is 3.47. The van der Waals surface area contributed by atoms with Crippen LogP contribution in [0.3, 0.4) is 0 Å². The molecule has 2 aromatic carbocycles. The summed E-state index contributed by atoms with van der Waals surface area (Å²) in [7, 11) is 4.05. The minimum atomic E-state index is -2.90. The number of hydrogen-bond donors (Lipinski definition) is 0. The first-order valence-electron chi connectivity index (χ1n) is 10.4. The standard InChI is InChI=1S/C23H24F2N4O4/c1-14-10-18(9-6-16(14)11-28(2)3)31-19-12-29(13-19)22(30)21-27-26-20(33-21)15-4-7-17(8-5-15)32-23(24)25/h4-10,19,23H,11-13H2,1-3H3. The Hall–Kier alpha value is -3.53. The maximum Gasteiger partial charge on any atom is 0.387 e. The van der Waals surface area contributed by atoms with Gasteiger partial charge in [0.15, 0.2) is 0 Å². The van der Waals surface area contributed by atoms with E-state index in [1.807, 2.05) is 26.2 Å². The summed E-state index contributed by atoms with van der Waals surface area (Å²) in [6, 6.07) is 11.7. The predicted octanol–water partition coefficient (Wildman–Crippen LogP) is 3.61. The first-order valence-corrected chi connectivity index (χ1v) is 10.4. The number of alkyl halides is 2. The van der Waals surface area contributed by atoms with Gasteiger partial charge in [0.05, 0.1) is 13.1 Å². The molecule has 1 aliphatic rings. The molecule has 1 aromatic heterocycles. The summed E-state index contributed by atoms with van der Waals surface area (Å²) in [4.78, 5) is 16.3. The van der Waals surface area contributed by atoms with Gasteiger partial charge in [-0.3, -0.25) is 4.79 Å². The maximum atomic E-state index is 12.6. The minimum absolute atomic E-state index is 0.0127. The van der Waals surface area contributed by atoms with Gasteiger partial charge in [0, 0.05) is 12.1 Å². The van der Waals surface area contributed by atoms with Crippen LogP contribution in [0.2, 0.25) is 0 Å². The molecule has 1 aliphatic heterocycles. The first kappa shape index (κ1) is 22.7. The second-order valence-electron chi connectivity index (χ2n) is 8.09. The lowest BCUT2D eigenvalue weighted by atomic mass is 10.1. The van der Waals surface area contributed by atoms with E-state index in [-0.39, 0.29) is 29.5 Å². The van der Waals surface area contributed by atoms with E-state index in [2.05, 4.69) is 32.8 Å². The van der Waals surface area contributed by atoms with Crippen molar-refractivity contribution in [3.63, 3.8) is 0 Å². The quantitative estimate of drug-likeness (QED) is 0.510. The zero-order chi connectivity index (χ0) is 23.5. The van der Waals surface area contributed by atoms with Crippen molar-refractivity contribution in [1.29, 1.82) is 0 Å². The van der Waals surface area contributed by atoms with Crippen molar-refractivity contribution < 1.29 is 27.5 Å². The lowest BCUT2D eigenvalue weighted by Crippen LogP contribution is -2.56. The van der Waals surface area contributed by atoms with Crippen molar-refractivity contribution in [1.82, 2.24) is 20.0 Å². The van der Waals surface area contributed by atoms with Gasteiger partial charge in [-0.05, 0) is 68.5 Å². The molecule has 0 unspecified atom stereocenters. The summed E-state index contributed by atoms with van der Waals surface area (Å²) in [6.07, 6.45) is -0.113. The van der Waals surface area contributed by atoms with E-state index >= 15 is 0 Å². The van der Waals surface area contributed by atoms with Crippen LogP contribution in [-0.4, -0.2) is 65.8 Å². The Balaban J connectivity index is 1.31. The topological polar surface area (TPSA) is 80.9 Å². The number of benzene rings is 2. The molecule has 0 aliphatic carbocycles. The van der Waals surface area contributed by atoms with Crippen molar-refractivity contribution >= 4 is 5.91 Å². The number of aryl methyl sites for hydroxylation is 1. The van der Waals surface area contributed by atoms with Crippen molar-refractivity contribution in [2.75, 3.05) is 27.2 Å². The van der Waals surface area contributed by atoms with Crippen LogP contribution in [0.4, 0.5) is 8.78 Å². The molecule has 1 amide bonds. The Kier molecular flexibility index (Phi) is 6.55. The van der Waals surface area contributed by atoms with Gasteiger partial charge < -0.3 is 23.7 Å². The van der Waals surface area contributed by atoms with Crippen LogP contribution in [0.15, 0.2) is 46.9 Å². The monoisotopic (exact) mass is 458 g/mol. The van der Waals surface area contributed by atoms with Crippen LogP contribution >= 0.6 is 0 Å². The number of likely N-dealkylation sites (tertiary alicyclic amines) is 1. The van der Waals surface area contributed by atoms with Crippen molar-refractivity contribution in [3.8, 4) is 23.0 Å². The highest BCUT2D eigenvalue weighted by atomic mass is 19.3. The number of amides is 1. The Morgan fingerprint density at radius 1 is 1.15 bits per heavy atom. The molecule has 174 valence electrons. The molecule has 1 saturated heterocycles. The highest BCUT2D eigenvalue weighted by Crippen LogP contribution is 2.25. The number of aromatic nitrogens is 2. The Bertz CT molecular complexity index is 1110. The number of nitrogens with zero attached hydrogens (tertiary/aromatic N) is 4. The molecule has 0 N–H and O–H groups in total. The Morgan fingerprint density at radius 3 is 2.48 bits per heavy atom. The van der Waals surface area contributed by atoms with Gasteiger partial charge in [-0.25, -0.2) is 0 Å². The van der Waals surface area contributed by atoms with Crippen molar-refractivity contribution in [2.45, 2.75) is 26.2 Å². The van der Waals surface area contributed by atoms with Crippen LogP contribution in [0.5, 0.6) is 11.5 Å². The van der Waals surface area contributed by atoms with E-state index in [4.69, 9.17) is 9.15 Å². The predicted molar refractivity (Wildman–Crippen MR) is 115 cm³/mol. The van der Waals surface area contributed by atoms with E-state index in [1.165, 1.54) is 29.8 Å². The van der Waals surface area contributed by atoms with Gasteiger partial charge in [-0.2, -0.15) is 8.78 Å². The van der Waals surface area contributed by atoms with Gasteiger partial charge in [-0.1, -0.05) is 6.07 Å². The fraction of sp³-hybridized carbons (Fsp3) is 0.348. The van der Waals surface area contributed by atoms with Crippen molar-refractivity contribution in [3.05, 3.63) is 59.5 Å². The van der Waals surface area contributed by atoms with E-state index < -0.39 is 6.61 Å². The molecule has 1 fully saturated rings. The largest absolute Gasteiger partial charge is 0.487 e. The van der Waals surface area contributed by atoms with Crippen LogP contribution < -0.4 is 9.47 Å². The fourth-order valence-corrected chi connectivity index (χ4v) is 3.47. The molecule has 0 atom stereocenters. The van der Waals surface area contributed by atoms with E-state index in [0.29, 0.717) is 18.7 Å². The van der Waals surface area contributed by atoms with Crippen LogP contribution in [0.1, 0.15) is 21.8 Å². The normalized spacial score (nSPS) is 14.0. The lowest BCUT2D eigenvalue weighted by Gasteiger charge is -2.38. The van der Waals surface area contributed by atoms with Gasteiger partial charge in [-0.15, -0.1) is 10.2 Å². The first-order chi connectivity index (χ1) is 15.8. The summed E-state index contributed by atoms with van der Waals surface area (Å²) in [5.41, 5.74) is 2.88. The molecule has 0 saturated carbocycles. The molecule has 0 bridgehead atoms. The minimum Gasteiger partial charge on any atom is -0.487 e. The summed E-state index contributed by atoms with van der Waals surface area (Å²) >= 11 is 0. The van der Waals surface area contributed by atoms with Gasteiger partial charge in [0.1, 0.15) is 17.6 Å². The number of rotatable bonds is 8. The summed E-state index contributed by atoms with van der Waals surface area (Å²) in [6.45, 7) is 0.829. The van der Waals surface area contributed by atoms with Gasteiger partial charge in [0.2, 0.25) is 5.89 Å². The smallest absolute Gasteiger partial charge is 0.387 e. The molecule has 2 heterocycles. The van der Waals surface area contributed by atoms with Gasteiger partial charge in [0.25, 0.3) is 0 Å². The molecule has 33 heavy (non-hydrogen) atoms. The van der Waals surface area contributed by atoms with Crippen LogP contribution in [-0.2, 0) is 6.54 Å². The van der Waals surface area contributed by atoms with Gasteiger partial charge >= 0.3 is 18.4 Å². The third kappa shape index (κ3) is 5.46. The molecule has 3 aromatic rings. The number of carbonyl (C=O) groups is 1. The number of ether oxygens (including phenoxy) is 2. The molecule has 4 rings (SSSR count). The lowest BCUT2D eigenvalue weighted by molar-refractivity contribution is -0.0498. The van der Waals surface area contributed by atoms with Crippen molar-refractivity contribution in [2.24, 2.45) is 0 Å². The van der Waals surface area contributed by atoms with E-state index in [1.54, 1.807) is 4.90 Å².